The molecule has 5 heteroatoms. The summed E-state index contributed by atoms with van der Waals surface area (Å²) in [5, 5.41) is 15.6. The van der Waals surface area contributed by atoms with Crippen LogP contribution in [0, 0.1) is 0 Å². The summed E-state index contributed by atoms with van der Waals surface area (Å²) >= 11 is 4.24. The van der Waals surface area contributed by atoms with Crippen LogP contribution in [0.3, 0.4) is 0 Å². The smallest absolute Gasteiger partial charge is 0.449 e. The molecule has 0 aliphatic heterocycles. The molecule has 0 atom stereocenters. The lowest BCUT2D eigenvalue weighted by molar-refractivity contribution is 0.149. The van der Waals surface area contributed by atoms with Crippen LogP contribution in [0.15, 0.2) is 0 Å². The van der Waals surface area contributed by atoms with Gasteiger partial charge in [0, 0.05) is 6.61 Å². The van der Waals surface area contributed by atoms with E-state index in [1.165, 1.54) is 6.42 Å². The molecule has 0 saturated carbocycles. The van der Waals surface area contributed by atoms with Gasteiger partial charge >= 0.3 is 6.16 Å². The first kappa shape index (κ1) is 13.1. The predicted molar refractivity (Wildman–Crippen MR) is 41.6 cm³/mol. The molecule has 0 aliphatic carbocycles. The Morgan fingerprint density at radius 2 is 2.00 bits per heavy atom. The summed E-state index contributed by atoms with van der Waals surface area (Å²) in [4.78, 5) is 9.01. The van der Waals surface area contributed by atoms with Crippen molar-refractivity contribution in [1.29, 1.82) is 0 Å². The highest BCUT2D eigenvalue weighted by Crippen LogP contribution is 1.89. The van der Waals surface area contributed by atoms with E-state index in [-0.39, 0.29) is 0 Å². The number of hydrogen-bond donors (Lipinski definition) is 2. The largest absolute Gasteiger partial charge is 0.524 e. The molecule has 0 unspecified atom stereocenters. The number of carbonyl (C=O) groups is 1. The highest BCUT2D eigenvalue weighted by molar-refractivity contribution is 6.12. The summed E-state index contributed by atoms with van der Waals surface area (Å²) in [5.74, 6) is 0. The third-order valence-corrected chi connectivity index (χ3v) is 0.960. The minimum absolute atomic E-state index is 0.355. The molecule has 0 aliphatic rings. The lowest BCUT2D eigenvalue weighted by Crippen LogP contribution is -1.85. The maximum absolute atomic E-state index is 9.01. The molecule has 68 valence electrons. The van der Waals surface area contributed by atoms with Crippen LogP contribution in [0.2, 0.25) is 0 Å². The zero-order valence-corrected chi connectivity index (χ0v) is 7.17. The third-order valence-electron chi connectivity index (χ3n) is 0.828. The molecule has 2 N–H and O–H groups in total. The second kappa shape index (κ2) is 12.2. The van der Waals surface area contributed by atoms with Crippen molar-refractivity contribution in [1.82, 2.24) is 0 Å². The van der Waals surface area contributed by atoms with Crippen molar-refractivity contribution in [3.8, 4) is 0 Å². The van der Waals surface area contributed by atoms with Gasteiger partial charge in [0.2, 0.25) is 0 Å². The van der Waals surface area contributed by atoms with Crippen LogP contribution in [0.1, 0.15) is 26.2 Å². The van der Waals surface area contributed by atoms with Gasteiger partial charge in [-0.05, 0) is 6.42 Å². The Hall–Kier alpha value is -0.480. The fourth-order valence-electron chi connectivity index (χ4n) is 0.362. The van der Waals surface area contributed by atoms with Gasteiger partial charge in [-0.1, -0.05) is 19.8 Å². The van der Waals surface area contributed by atoms with E-state index >= 15 is 0 Å². The maximum atomic E-state index is 9.01. The molecule has 0 aromatic heterocycles. The van der Waals surface area contributed by atoms with Crippen LogP contribution >= 0.6 is 11.9 Å². The van der Waals surface area contributed by atoms with Crippen LogP contribution in [-0.4, -0.2) is 23.0 Å². The van der Waals surface area contributed by atoms with Crippen molar-refractivity contribution in [2.24, 2.45) is 0 Å². The fourth-order valence-corrected chi connectivity index (χ4v) is 0.362. The van der Waals surface area contributed by atoms with Crippen molar-refractivity contribution < 1.29 is 19.3 Å². The van der Waals surface area contributed by atoms with E-state index in [1.807, 2.05) is 0 Å². The molecule has 0 spiro atoms. The lowest BCUT2D eigenvalue weighted by atomic mass is 10.3. The van der Waals surface area contributed by atoms with E-state index in [9.17, 15) is 0 Å². The molecule has 0 saturated heterocycles. The molecule has 0 aromatic carbocycles. The molecule has 11 heavy (non-hydrogen) atoms. The predicted octanol–water partition coefficient (Wildman–Crippen LogP) is 2.00. The molecular formula is C6H13ClO4. The molecule has 0 heterocycles. The Morgan fingerprint density at radius 1 is 1.55 bits per heavy atom. The average Bonchev–Trinajstić information content (AvgIpc) is 2.02. The highest BCUT2D eigenvalue weighted by atomic mass is 35.5. The van der Waals surface area contributed by atoms with Gasteiger partial charge < -0.3 is 14.5 Å². The van der Waals surface area contributed by atoms with Gasteiger partial charge in [-0.3, -0.25) is 0 Å². The quantitative estimate of drug-likeness (QED) is 0.659. The summed E-state index contributed by atoms with van der Waals surface area (Å²) in [6.07, 6.45) is 1.85. The molecule has 0 fully saturated rings. The Balaban J connectivity index is 0. The Morgan fingerprint density at radius 3 is 2.09 bits per heavy atom. The monoisotopic (exact) mass is 184 g/mol. The van der Waals surface area contributed by atoms with Crippen LogP contribution in [0.25, 0.3) is 0 Å². The first-order valence-corrected chi connectivity index (χ1v) is 3.62. The highest BCUT2D eigenvalue weighted by Gasteiger charge is 1.84. The van der Waals surface area contributed by atoms with E-state index in [0.717, 1.165) is 12.8 Å². The Labute approximate surface area is 70.9 Å². The zero-order chi connectivity index (χ0) is 9.11. The fraction of sp³-hybridized carbons (Fsp3) is 0.833. The van der Waals surface area contributed by atoms with Gasteiger partial charge in [-0.15, -0.1) is 0 Å². The van der Waals surface area contributed by atoms with Gasteiger partial charge in [0.15, 0.2) is 0 Å². The summed E-state index contributed by atoms with van der Waals surface area (Å²) in [6.45, 7) is 2.48. The maximum Gasteiger partial charge on any atom is 0.524 e. The van der Waals surface area contributed by atoms with Crippen LogP contribution < -0.4 is 0 Å². The van der Waals surface area contributed by atoms with E-state index in [4.69, 9.17) is 15.0 Å². The van der Waals surface area contributed by atoms with E-state index in [1.54, 1.807) is 0 Å². The number of halogens is 1. The number of carboxylic acid groups (broad SMARTS) is 1. The molecule has 4 nitrogen and oxygen atoms in total. The van der Waals surface area contributed by atoms with Gasteiger partial charge in [-0.2, -0.15) is 0 Å². The zero-order valence-electron chi connectivity index (χ0n) is 6.42. The van der Waals surface area contributed by atoms with Gasteiger partial charge in [-0.25, -0.2) is 4.79 Å². The second-order valence-electron chi connectivity index (χ2n) is 1.77. The molecule has 0 rings (SSSR count). The molecule has 0 bridgehead atoms. The molecule has 0 aromatic rings. The molecule has 0 radical (unpaired) electrons. The van der Waals surface area contributed by atoms with E-state index in [2.05, 4.69) is 23.1 Å². The number of aliphatic hydroxyl groups excluding tert-OH is 1. The van der Waals surface area contributed by atoms with Gasteiger partial charge in [0.05, 0.1) is 0 Å². The number of hydrogen-bond acceptors (Lipinski definition) is 3. The number of rotatable bonds is 3. The van der Waals surface area contributed by atoms with Gasteiger partial charge in [0.25, 0.3) is 0 Å². The molecule has 0 amide bonds. The van der Waals surface area contributed by atoms with Crippen LogP contribution in [0.4, 0.5) is 4.79 Å². The minimum atomic E-state index is -1.48. The Bertz CT molecular complexity index is 82.7. The lowest BCUT2D eigenvalue weighted by Gasteiger charge is -1.85. The second-order valence-corrected chi connectivity index (χ2v) is 1.93. The van der Waals surface area contributed by atoms with Crippen molar-refractivity contribution in [2.75, 3.05) is 6.61 Å². The number of unbranched alkanes of at least 4 members (excludes halogenated alkanes) is 2. The van der Waals surface area contributed by atoms with Crippen molar-refractivity contribution >= 4 is 18.0 Å². The van der Waals surface area contributed by atoms with Crippen molar-refractivity contribution in [3.63, 3.8) is 0 Å². The van der Waals surface area contributed by atoms with E-state index < -0.39 is 6.16 Å². The average molecular weight is 185 g/mol. The summed E-state index contributed by atoms with van der Waals surface area (Å²) < 4.78 is 3.14. The summed E-state index contributed by atoms with van der Waals surface area (Å²) in [6, 6.07) is 0. The van der Waals surface area contributed by atoms with Crippen LogP contribution in [0.5, 0.6) is 0 Å². The topological polar surface area (TPSA) is 66.8 Å². The minimum Gasteiger partial charge on any atom is -0.449 e. The molecular weight excluding hydrogens is 172 g/mol. The van der Waals surface area contributed by atoms with Crippen molar-refractivity contribution in [2.45, 2.75) is 26.2 Å². The third kappa shape index (κ3) is 26.4. The van der Waals surface area contributed by atoms with Crippen LogP contribution in [-0.2, 0) is 4.29 Å². The van der Waals surface area contributed by atoms with E-state index in [0.29, 0.717) is 6.61 Å². The van der Waals surface area contributed by atoms with Crippen molar-refractivity contribution in [3.05, 3.63) is 0 Å². The van der Waals surface area contributed by atoms with Gasteiger partial charge in [0.1, 0.15) is 11.9 Å². The standard InChI is InChI=1S/C5H12O.CHClO3/c1-2-3-4-5-6;2-5-1(3)4/h6H,2-5H2,1H3;(H,3,4). The first-order valence-electron chi connectivity index (χ1n) is 3.31. The number of aliphatic hydroxyl groups is 1. The first-order chi connectivity index (χ1) is 5.18. The summed E-state index contributed by atoms with van der Waals surface area (Å²) in [7, 11) is 0. The normalized spacial score (nSPS) is 7.91. The SMILES string of the molecule is CCCCCO.O=C(O)OCl. The summed E-state index contributed by atoms with van der Waals surface area (Å²) in [5.41, 5.74) is 0. The Kier molecular flexibility index (Phi) is 14.6.